The summed E-state index contributed by atoms with van der Waals surface area (Å²) in [6, 6.07) is 0.541. The molecule has 0 saturated carbocycles. The van der Waals surface area contributed by atoms with E-state index in [9.17, 15) is 4.79 Å². The molecule has 0 aromatic heterocycles. The molecule has 1 fully saturated rings. The third-order valence-electron chi connectivity index (χ3n) is 2.24. The SMILES string of the molecule is CC(C)CNC(=O)N1CCC1C. The van der Waals surface area contributed by atoms with Crippen LogP contribution in [0.2, 0.25) is 0 Å². The predicted molar refractivity (Wildman–Crippen MR) is 49.0 cm³/mol. The van der Waals surface area contributed by atoms with Crippen LogP contribution in [0, 0.1) is 5.92 Å². The maximum absolute atomic E-state index is 11.4. The monoisotopic (exact) mass is 170 g/mol. The Morgan fingerprint density at radius 1 is 1.67 bits per heavy atom. The summed E-state index contributed by atoms with van der Waals surface area (Å²) < 4.78 is 0. The van der Waals surface area contributed by atoms with E-state index >= 15 is 0 Å². The third-order valence-corrected chi connectivity index (χ3v) is 2.24. The number of nitrogens with one attached hydrogen (secondary N) is 1. The number of rotatable bonds is 2. The van der Waals surface area contributed by atoms with Gasteiger partial charge in [-0.05, 0) is 19.3 Å². The van der Waals surface area contributed by atoms with E-state index in [4.69, 9.17) is 0 Å². The van der Waals surface area contributed by atoms with Gasteiger partial charge in [-0.1, -0.05) is 13.8 Å². The molecule has 0 aromatic rings. The second kappa shape index (κ2) is 3.78. The van der Waals surface area contributed by atoms with Crippen molar-refractivity contribution in [1.82, 2.24) is 10.2 Å². The van der Waals surface area contributed by atoms with Gasteiger partial charge in [0, 0.05) is 19.1 Å². The predicted octanol–water partition coefficient (Wildman–Crippen LogP) is 1.45. The van der Waals surface area contributed by atoms with Crippen LogP contribution in [0.15, 0.2) is 0 Å². The lowest BCUT2D eigenvalue weighted by molar-refractivity contribution is 0.124. The van der Waals surface area contributed by atoms with Crippen LogP contribution in [-0.2, 0) is 0 Å². The summed E-state index contributed by atoms with van der Waals surface area (Å²) in [5.74, 6) is 0.533. The van der Waals surface area contributed by atoms with Crippen LogP contribution in [0.3, 0.4) is 0 Å². The fraction of sp³-hybridized carbons (Fsp3) is 0.889. The topological polar surface area (TPSA) is 32.3 Å². The molecule has 0 radical (unpaired) electrons. The molecule has 3 heteroatoms. The van der Waals surface area contributed by atoms with Crippen molar-refractivity contribution in [1.29, 1.82) is 0 Å². The van der Waals surface area contributed by atoms with Crippen molar-refractivity contribution in [2.45, 2.75) is 33.2 Å². The minimum Gasteiger partial charge on any atom is -0.338 e. The van der Waals surface area contributed by atoms with E-state index in [-0.39, 0.29) is 6.03 Å². The highest BCUT2D eigenvalue weighted by atomic mass is 16.2. The van der Waals surface area contributed by atoms with Crippen LogP contribution >= 0.6 is 0 Å². The van der Waals surface area contributed by atoms with Gasteiger partial charge in [0.15, 0.2) is 0 Å². The molecular weight excluding hydrogens is 152 g/mol. The summed E-state index contributed by atoms with van der Waals surface area (Å²) >= 11 is 0. The van der Waals surface area contributed by atoms with Crippen LogP contribution in [0.4, 0.5) is 4.79 Å². The smallest absolute Gasteiger partial charge is 0.317 e. The van der Waals surface area contributed by atoms with Crippen molar-refractivity contribution in [2.24, 2.45) is 5.92 Å². The molecule has 3 nitrogen and oxygen atoms in total. The number of urea groups is 1. The van der Waals surface area contributed by atoms with Gasteiger partial charge in [-0.2, -0.15) is 0 Å². The minimum absolute atomic E-state index is 0.0995. The van der Waals surface area contributed by atoms with Gasteiger partial charge in [0.1, 0.15) is 0 Å². The number of hydrogen-bond donors (Lipinski definition) is 1. The number of likely N-dealkylation sites (tertiary alicyclic amines) is 1. The van der Waals surface area contributed by atoms with Crippen LogP contribution in [0.1, 0.15) is 27.2 Å². The van der Waals surface area contributed by atoms with Gasteiger partial charge in [-0.15, -0.1) is 0 Å². The van der Waals surface area contributed by atoms with Crippen molar-refractivity contribution in [3.63, 3.8) is 0 Å². The van der Waals surface area contributed by atoms with Gasteiger partial charge in [-0.3, -0.25) is 0 Å². The summed E-state index contributed by atoms with van der Waals surface area (Å²) in [6.07, 6.45) is 1.15. The first-order valence-corrected chi connectivity index (χ1v) is 4.65. The zero-order chi connectivity index (χ0) is 9.14. The number of nitrogens with zero attached hydrogens (tertiary/aromatic N) is 1. The summed E-state index contributed by atoms with van der Waals surface area (Å²) in [5, 5.41) is 2.90. The molecule has 1 N–H and O–H groups in total. The minimum atomic E-state index is 0.0995. The highest BCUT2D eigenvalue weighted by molar-refractivity contribution is 5.75. The van der Waals surface area contributed by atoms with Crippen molar-refractivity contribution in [2.75, 3.05) is 13.1 Å². The maximum atomic E-state index is 11.4. The number of carbonyl (C=O) groups excluding carboxylic acids is 1. The van der Waals surface area contributed by atoms with Gasteiger partial charge in [0.05, 0.1) is 0 Å². The highest BCUT2D eigenvalue weighted by Crippen LogP contribution is 2.15. The molecule has 70 valence electrons. The van der Waals surface area contributed by atoms with E-state index in [1.807, 2.05) is 4.90 Å². The lowest BCUT2D eigenvalue weighted by Crippen LogP contribution is -2.53. The highest BCUT2D eigenvalue weighted by Gasteiger charge is 2.27. The molecule has 1 unspecified atom stereocenters. The van der Waals surface area contributed by atoms with Gasteiger partial charge in [0.2, 0.25) is 0 Å². The van der Waals surface area contributed by atoms with Crippen LogP contribution < -0.4 is 5.32 Å². The quantitative estimate of drug-likeness (QED) is 0.668. The molecule has 1 atom stereocenters. The first-order chi connectivity index (χ1) is 5.61. The maximum Gasteiger partial charge on any atom is 0.317 e. The second-order valence-electron chi connectivity index (χ2n) is 3.91. The largest absolute Gasteiger partial charge is 0.338 e. The first-order valence-electron chi connectivity index (χ1n) is 4.65. The lowest BCUT2D eigenvalue weighted by atomic mass is 10.1. The number of hydrogen-bond acceptors (Lipinski definition) is 1. The molecule has 0 aromatic carbocycles. The molecule has 0 bridgehead atoms. The summed E-state index contributed by atoms with van der Waals surface area (Å²) in [4.78, 5) is 13.2. The molecule has 12 heavy (non-hydrogen) atoms. The molecule has 0 spiro atoms. The number of amides is 2. The molecule has 1 saturated heterocycles. The van der Waals surface area contributed by atoms with Crippen LogP contribution in [0.5, 0.6) is 0 Å². The molecule has 0 aliphatic carbocycles. The van der Waals surface area contributed by atoms with E-state index < -0.39 is 0 Å². The molecule has 1 rings (SSSR count). The zero-order valence-corrected chi connectivity index (χ0v) is 8.13. The van der Waals surface area contributed by atoms with Gasteiger partial charge < -0.3 is 10.2 Å². The van der Waals surface area contributed by atoms with Crippen molar-refractivity contribution >= 4 is 6.03 Å². The fourth-order valence-electron chi connectivity index (χ4n) is 1.21. The average Bonchev–Trinajstić information content (AvgIpc) is 1.98. The molecule has 1 aliphatic rings. The van der Waals surface area contributed by atoms with E-state index in [1.54, 1.807) is 0 Å². The van der Waals surface area contributed by atoms with Crippen molar-refractivity contribution in [3.05, 3.63) is 0 Å². The summed E-state index contributed by atoms with van der Waals surface area (Å²) in [7, 11) is 0. The van der Waals surface area contributed by atoms with E-state index in [0.29, 0.717) is 12.0 Å². The van der Waals surface area contributed by atoms with E-state index in [1.165, 1.54) is 0 Å². The molecule has 1 aliphatic heterocycles. The Kier molecular flexibility index (Phi) is 2.95. The summed E-state index contributed by atoms with van der Waals surface area (Å²) in [5.41, 5.74) is 0. The Hall–Kier alpha value is -0.730. The Morgan fingerprint density at radius 2 is 2.33 bits per heavy atom. The Balaban J connectivity index is 2.20. The number of carbonyl (C=O) groups is 1. The van der Waals surface area contributed by atoms with E-state index in [0.717, 1.165) is 19.5 Å². The van der Waals surface area contributed by atoms with Crippen molar-refractivity contribution < 1.29 is 4.79 Å². The van der Waals surface area contributed by atoms with Crippen LogP contribution in [-0.4, -0.2) is 30.1 Å². The second-order valence-corrected chi connectivity index (χ2v) is 3.91. The molecular formula is C9H18N2O. The zero-order valence-electron chi connectivity index (χ0n) is 8.13. The third kappa shape index (κ3) is 2.13. The van der Waals surface area contributed by atoms with Crippen LogP contribution in [0.25, 0.3) is 0 Å². The molecule has 1 heterocycles. The normalized spacial score (nSPS) is 22.3. The van der Waals surface area contributed by atoms with Gasteiger partial charge in [-0.25, -0.2) is 4.79 Å². The first kappa shape index (κ1) is 9.36. The van der Waals surface area contributed by atoms with Gasteiger partial charge in [0.25, 0.3) is 0 Å². The fourth-order valence-corrected chi connectivity index (χ4v) is 1.21. The Morgan fingerprint density at radius 3 is 2.67 bits per heavy atom. The average molecular weight is 170 g/mol. The van der Waals surface area contributed by atoms with Gasteiger partial charge >= 0.3 is 6.03 Å². The Labute approximate surface area is 74.1 Å². The van der Waals surface area contributed by atoms with Crippen molar-refractivity contribution in [3.8, 4) is 0 Å². The molecule has 2 amide bonds. The Bertz CT molecular complexity index is 168. The van der Waals surface area contributed by atoms with E-state index in [2.05, 4.69) is 26.1 Å². The summed E-state index contributed by atoms with van der Waals surface area (Å²) in [6.45, 7) is 7.98. The standard InChI is InChI=1S/C9H18N2O/c1-7(2)6-10-9(12)11-5-4-8(11)3/h7-8H,4-6H2,1-3H3,(H,10,12). The lowest BCUT2D eigenvalue weighted by Gasteiger charge is -2.38.